The molecule has 2 fully saturated rings. The number of carbonyl (C=O) groups excluding carboxylic acids is 1. The number of anilines is 1. The molecule has 2 unspecified atom stereocenters. The predicted molar refractivity (Wildman–Crippen MR) is 125 cm³/mol. The molecule has 168 valence electrons. The van der Waals surface area contributed by atoms with Crippen LogP contribution in [0.5, 0.6) is 0 Å². The maximum absolute atomic E-state index is 12.6. The molecule has 32 heavy (non-hydrogen) atoms. The van der Waals surface area contributed by atoms with Crippen molar-refractivity contribution < 1.29 is 9.53 Å². The Bertz CT molecular complexity index is 1120. The van der Waals surface area contributed by atoms with Gasteiger partial charge in [0.2, 0.25) is 0 Å². The van der Waals surface area contributed by atoms with E-state index in [0.29, 0.717) is 17.5 Å². The van der Waals surface area contributed by atoms with Crippen LogP contribution in [-0.2, 0) is 4.74 Å². The Kier molecular flexibility index (Phi) is 5.59. The van der Waals surface area contributed by atoms with Gasteiger partial charge in [0, 0.05) is 25.0 Å². The molecule has 1 aromatic carbocycles. The molecular formula is C25H31N5O2. The highest BCUT2D eigenvalue weighted by Crippen LogP contribution is 2.43. The number of esters is 1. The molecule has 2 aromatic heterocycles. The first-order chi connectivity index (χ1) is 15.6. The molecule has 0 amide bonds. The van der Waals surface area contributed by atoms with E-state index in [1.165, 1.54) is 13.5 Å². The average Bonchev–Trinajstić information content (AvgIpc) is 3.17. The highest BCUT2D eigenvalue weighted by Gasteiger charge is 2.33. The molecule has 0 bridgehead atoms. The Balaban J connectivity index is 1.74. The first-order valence-corrected chi connectivity index (χ1v) is 11.7. The minimum atomic E-state index is -0.431. The van der Waals surface area contributed by atoms with E-state index in [-0.39, 0.29) is 6.04 Å². The SMILES string of the molecule is CCC1CN(c2cc(C(=O)OC)nc3c2c(C2CCC2)nn3-c2ccccc2)CCC1N. The highest BCUT2D eigenvalue weighted by molar-refractivity contribution is 5.99. The summed E-state index contributed by atoms with van der Waals surface area (Å²) in [5.41, 5.74) is 10.5. The topological polar surface area (TPSA) is 86.3 Å². The van der Waals surface area contributed by atoms with E-state index < -0.39 is 5.97 Å². The van der Waals surface area contributed by atoms with Gasteiger partial charge in [0.25, 0.3) is 0 Å². The average molecular weight is 434 g/mol. The number of rotatable bonds is 5. The van der Waals surface area contributed by atoms with Crippen molar-refractivity contribution >= 4 is 22.7 Å². The van der Waals surface area contributed by atoms with Gasteiger partial charge in [-0.25, -0.2) is 14.5 Å². The summed E-state index contributed by atoms with van der Waals surface area (Å²) in [5, 5.41) is 6.13. The summed E-state index contributed by atoms with van der Waals surface area (Å²) >= 11 is 0. The first-order valence-electron chi connectivity index (χ1n) is 11.7. The van der Waals surface area contributed by atoms with Crippen molar-refractivity contribution in [2.45, 2.75) is 51.0 Å². The van der Waals surface area contributed by atoms with Gasteiger partial charge in [-0.2, -0.15) is 5.10 Å². The first kappa shape index (κ1) is 20.9. The fraction of sp³-hybridized carbons (Fsp3) is 0.480. The van der Waals surface area contributed by atoms with E-state index in [4.69, 9.17) is 20.6 Å². The molecule has 2 aliphatic rings. The fourth-order valence-corrected chi connectivity index (χ4v) is 5.00. The number of nitrogens with two attached hydrogens (primary N) is 1. The van der Waals surface area contributed by atoms with Crippen molar-refractivity contribution in [3.63, 3.8) is 0 Å². The van der Waals surface area contributed by atoms with Gasteiger partial charge in [0.1, 0.15) is 0 Å². The zero-order valence-corrected chi connectivity index (χ0v) is 18.8. The quantitative estimate of drug-likeness (QED) is 0.611. The third-order valence-electron chi connectivity index (χ3n) is 7.19. The molecule has 1 aliphatic heterocycles. The summed E-state index contributed by atoms with van der Waals surface area (Å²) in [7, 11) is 1.40. The van der Waals surface area contributed by atoms with Gasteiger partial charge in [-0.15, -0.1) is 0 Å². The molecule has 1 saturated carbocycles. The summed E-state index contributed by atoms with van der Waals surface area (Å²) in [6.45, 7) is 3.93. The maximum Gasteiger partial charge on any atom is 0.356 e. The Morgan fingerprint density at radius 1 is 1.22 bits per heavy atom. The number of pyridine rings is 1. The van der Waals surface area contributed by atoms with Crippen molar-refractivity contribution in [3.8, 4) is 5.69 Å². The monoisotopic (exact) mass is 433 g/mol. The molecule has 2 N–H and O–H groups in total. The van der Waals surface area contributed by atoms with Crippen molar-refractivity contribution in [2.24, 2.45) is 11.7 Å². The van der Waals surface area contributed by atoms with Crippen LogP contribution < -0.4 is 10.6 Å². The lowest BCUT2D eigenvalue weighted by atomic mass is 9.81. The molecule has 0 radical (unpaired) electrons. The van der Waals surface area contributed by atoms with Gasteiger partial charge in [-0.1, -0.05) is 38.0 Å². The van der Waals surface area contributed by atoms with Gasteiger partial charge in [-0.05, 0) is 43.4 Å². The maximum atomic E-state index is 12.6. The summed E-state index contributed by atoms with van der Waals surface area (Å²) in [6, 6.07) is 12.1. The van der Waals surface area contributed by atoms with Crippen LogP contribution in [0.4, 0.5) is 5.69 Å². The van der Waals surface area contributed by atoms with Crippen molar-refractivity contribution in [1.29, 1.82) is 0 Å². The van der Waals surface area contributed by atoms with Crippen LogP contribution in [0.1, 0.15) is 61.1 Å². The van der Waals surface area contributed by atoms with Gasteiger partial charge in [0.05, 0.1) is 29.6 Å². The lowest BCUT2D eigenvalue weighted by Crippen LogP contribution is -2.47. The molecule has 5 rings (SSSR count). The highest BCUT2D eigenvalue weighted by atomic mass is 16.5. The van der Waals surface area contributed by atoms with E-state index in [2.05, 4.69) is 11.8 Å². The third kappa shape index (κ3) is 3.54. The number of hydrogen-bond donors (Lipinski definition) is 1. The Morgan fingerprint density at radius 3 is 2.66 bits per heavy atom. The number of piperidine rings is 1. The number of nitrogens with zero attached hydrogens (tertiary/aromatic N) is 4. The summed E-state index contributed by atoms with van der Waals surface area (Å²) in [4.78, 5) is 19.7. The molecule has 1 aliphatic carbocycles. The Labute approximate surface area is 188 Å². The largest absolute Gasteiger partial charge is 0.464 e. The number of benzene rings is 1. The van der Waals surface area contributed by atoms with Gasteiger partial charge in [-0.3, -0.25) is 0 Å². The lowest BCUT2D eigenvalue weighted by Gasteiger charge is -2.38. The van der Waals surface area contributed by atoms with E-state index in [9.17, 15) is 4.79 Å². The molecule has 2 atom stereocenters. The Morgan fingerprint density at radius 2 is 2.00 bits per heavy atom. The second kappa shape index (κ2) is 8.54. The molecule has 0 spiro atoms. The molecule has 3 aromatic rings. The number of carbonyl (C=O) groups is 1. The normalized spacial score (nSPS) is 21.5. The zero-order chi connectivity index (χ0) is 22.2. The van der Waals surface area contributed by atoms with Crippen LogP contribution in [0.15, 0.2) is 36.4 Å². The van der Waals surface area contributed by atoms with Crippen molar-refractivity contribution in [2.75, 3.05) is 25.1 Å². The van der Waals surface area contributed by atoms with Gasteiger partial charge >= 0.3 is 5.97 Å². The predicted octanol–water partition coefficient (Wildman–Crippen LogP) is 4.04. The van der Waals surface area contributed by atoms with E-state index in [1.54, 1.807) is 0 Å². The minimum absolute atomic E-state index is 0.215. The molecule has 3 heterocycles. The van der Waals surface area contributed by atoms with Crippen molar-refractivity contribution in [1.82, 2.24) is 14.8 Å². The number of hydrogen-bond acceptors (Lipinski definition) is 6. The smallest absolute Gasteiger partial charge is 0.356 e. The van der Waals surface area contributed by atoms with Crippen LogP contribution >= 0.6 is 0 Å². The lowest BCUT2D eigenvalue weighted by molar-refractivity contribution is 0.0594. The molecule has 1 saturated heterocycles. The summed E-state index contributed by atoms with van der Waals surface area (Å²) in [6.07, 6.45) is 5.48. The minimum Gasteiger partial charge on any atom is -0.464 e. The number of fused-ring (bicyclic) bond motifs is 1. The second-order valence-corrected chi connectivity index (χ2v) is 9.04. The van der Waals surface area contributed by atoms with Gasteiger partial charge < -0.3 is 15.4 Å². The van der Waals surface area contributed by atoms with E-state index in [1.807, 2.05) is 41.1 Å². The van der Waals surface area contributed by atoms with Crippen molar-refractivity contribution in [3.05, 3.63) is 47.8 Å². The summed E-state index contributed by atoms with van der Waals surface area (Å²) in [5.74, 6) is 0.422. The Hall–Kier alpha value is -2.93. The van der Waals surface area contributed by atoms with E-state index in [0.717, 1.165) is 66.9 Å². The van der Waals surface area contributed by atoms with Crippen LogP contribution in [0, 0.1) is 5.92 Å². The molecule has 7 heteroatoms. The molecule has 7 nitrogen and oxygen atoms in total. The van der Waals surface area contributed by atoms with Crippen LogP contribution in [0.2, 0.25) is 0 Å². The number of para-hydroxylation sites is 1. The summed E-state index contributed by atoms with van der Waals surface area (Å²) < 4.78 is 6.94. The second-order valence-electron chi connectivity index (χ2n) is 9.04. The van der Waals surface area contributed by atoms with Crippen LogP contribution in [0.25, 0.3) is 16.7 Å². The van der Waals surface area contributed by atoms with E-state index >= 15 is 0 Å². The number of aromatic nitrogens is 3. The van der Waals surface area contributed by atoms with Crippen LogP contribution in [0.3, 0.4) is 0 Å². The zero-order valence-electron chi connectivity index (χ0n) is 18.8. The fourth-order valence-electron chi connectivity index (χ4n) is 5.00. The van der Waals surface area contributed by atoms with Crippen LogP contribution in [-0.4, -0.2) is 47.0 Å². The number of ether oxygens (including phenoxy) is 1. The van der Waals surface area contributed by atoms with Gasteiger partial charge in [0.15, 0.2) is 11.3 Å². The third-order valence-corrected chi connectivity index (χ3v) is 7.19. The standard InChI is InChI=1S/C25H31N5O2/c1-3-16-15-29(13-12-19(16)26)21-14-20(25(31)32-2)27-24-22(21)23(17-8-7-9-17)28-30(24)18-10-5-4-6-11-18/h4-6,10-11,14,16-17,19H,3,7-9,12-13,15,26H2,1-2H3. The molecular weight excluding hydrogens is 402 g/mol. The number of methoxy groups -OCH3 is 1.